The second-order valence-electron chi connectivity index (χ2n) is 2.42. The zero-order chi connectivity index (χ0) is 9.14. The van der Waals surface area contributed by atoms with Crippen molar-refractivity contribution in [3.63, 3.8) is 0 Å². The third kappa shape index (κ3) is 1.45. The van der Waals surface area contributed by atoms with Crippen molar-refractivity contribution in [2.75, 3.05) is 0 Å². The highest BCUT2D eigenvalue weighted by molar-refractivity contribution is 5.36. The van der Waals surface area contributed by atoms with E-state index in [0.29, 0.717) is 6.42 Å². The molecule has 0 aliphatic carbocycles. The molecule has 0 N–H and O–H groups in total. The van der Waals surface area contributed by atoms with Gasteiger partial charge in [-0.15, -0.1) is 6.42 Å². The summed E-state index contributed by atoms with van der Waals surface area (Å²) in [6.07, 6.45) is 5.33. The van der Waals surface area contributed by atoms with Crippen molar-refractivity contribution in [1.29, 1.82) is 0 Å². The van der Waals surface area contributed by atoms with E-state index in [0.717, 1.165) is 0 Å². The molecule has 62 valence electrons. The average Bonchev–Trinajstić information content (AvgIpc) is 2.03. The molecule has 12 heavy (non-hydrogen) atoms. The smallest absolute Gasteiger partial charge is 0.130 e. The molecule has 1 aromatic rings. The predicted octanol–water partition coefficient (Wildman–Crippen LogP) is 2.51. The molecular formula is C10H8F2. The molecule has 0 heterocycles. The summed E-state index contributed by atoms with van der Waals surface area (Å²) in [6, 6.07) is 2.34. The van der Waals surface area contributed by atoms with Crippen molar-refractivity contribution < 1.29 is 8.78 Å². The Morgan fingerprint density at radius 2 is 1.83 bits per heavy atom. The van der Waals surface area contributed by atoms with Crippen LogP contribution in [0.25, 0.3) is 0 Å². The molecule has 0 saturated carbocycles. The zero-order valence-corrected chi connectivity index (χ0v) is 6.70. The van der Waals surface area contributed by atoms with Gasteiger partial charge >= 0.3 is 0 Å². The van der Waals surface area contributed by atoms with E-state index in [1.165, 1.54) is 12.1 Å². The van der Waals surface area contributed by atoms with E-state index in [4.69, 9.17) is 6.42 Å². The number of benzene rings is 1. The maximum atomic E-state index is 13.0. The third-order valence-electron chi connectivity index (χ3n) is 1.66. The van der Waals surface area contributed by atoms with Gasteiger partial charge in [0.25, 0.3) is 0 Å². The molecule has 2 heteroatoms. The topological polar surface area (TPSA) is 0 Å². The normalized spacial score (nSPS) is 9.50. The Morgan fingerprint density at radius 3 is 2.17 bits per heavy atom. The first kappa shape index (κ1) is 8.73. The summed E-state index contributed by atoms with van der Waals surface area (Å²) in [6.45, 7) is 1.69. The molecule has 0 fully saturated rings. The Kier molecular flexibility index (Phi) is 2.44. The van der Waals surface area contributed by atoms with E-state index in [1.54, 1.807) is 6.92 Å². The number of hydrogen-bond donors (Lipinski definition) is 0. The van der Waals surface area contributed by atoms with Crippen LogP contribution in [0.3, 0.4) is 0 Å². The van der Waals surface area contributed by atoms with Crippen LogP contribution in [0.5, 0.6) is 0 Å². The highest BCUT2D eigenvalue weighted by Gasteiger charge is 2.07. The Labute approximate surface area is 70.2 Å². The lowest BCUT2D eigenvalue weighted by Crippen LogP contribution is -1.94. The van der Waals surface area contributed by atoms with Crippen molar-refractivity contribution >= 4 is 0 Å². The van der Waals surface area contributed by atoms with E-state index >= 15 is 0 Å². The molecule has 1 rings (SSSR count). The second kappa shape index (κ2) is 3.36. The lowest BCUT2D eigenvalue weighted by Gasteiger charge is -2.01. The fraction of sp³-hybridized carbons (Fsp3) is 0.200. The first-order chi connectivity index (χ1) is 5.69. The lowest BCUT2D eigenvalue weighted by molar-refractivity contribution is 0.558. The van der Waals surface area contributed by atoms with Gasteiger partial charge in [0.15, 0.2) is 0 Å². The quantitative estimate of drug-likeness (QED) is 0.562. The summed E-state index contributed by atoms with van der Waals surface area (Å²) >= 11 is 0. The summed E-state index contributed by atoms with van der Waals surface area (Å²) in [4.78, 5) is 0. The predicted molar refractivity (Wildman–Crippen MR) is 43.7 cm³/mol. The van der Waals surface area contributed by atoms with Crippen LogP contribution in [-0.2, 0) is 6.42 Å². The van der Waals surface area contributed by atoms with Crippen molar-refractivity contribution in [2.24, 2.45) is 0 Å². The SMILES string of the molecule is C#Cc1cc(F)c(CC)c(F)c1. The van der Waals surface area contributed by atoms with Crippen LogP contribution < -0.4 is 0 Å². The monoisotopic (exact) mass is 166 g/mol. The Bertz CT molecular complexity index is 311. The van der Waals surface area contributed by atoms with E-state index in [2.05, 4.69) is 5.92 Å². The molecule has 0 atom stereocenters. The lowest BCUT2D eigenvalue weighted by atomic mass is 10.1. The first-order valence-corrected chi connectivity index (χ1v) is 3.63. The largest absolute Gasteiger partial charge is 0.207 e. The van der Waals surface area contributed by atoms with Crippen LogP contribution in [0.2, 0.25) is 0 Å². The highest BCUT2D eigenvalue weighted by atomic mass is 19.1. The minimum Gasteiger partial charge on any atom is -0.207 e. The van der Waals surface area contributed by atoms with Gasteiger partial charge in [-0.2, -0.15) is 0 Å². The third-order valence-corrected chi connectivity index (χ3v) is 1.66. The summed E-state index contributed by atoms with van der Waals surface area (Å²) in [7, 11) is 0. The standard InChI is InChI=1S/C10H8F2/c1-3-7-5-9(11)8(4-2)10(12)6-7/h1,5-6H,4H2,2H3. The van der Waals surface area contributed by atoms with Gasteiger partial charge in [0, 0.05) is 11.1 Å². The Hall–Kier alpha value is -1.36. The van der Waals surface area contributed by atoms with Crippen LogP contribution in [-0.4, -0.2) is 0 Å². The van der Waals surface area contributed by atoms with Crippen molar-refractivity contribution in [1.82, 2.24) is 0 Å². The van der Waals surface area contributed by atoms with Crippen LogP contribution in [0.15, 0.2) is 12.1 Å². The van der Waals surface area contributed by atoms with Gasteiger partial charge < -0.3 is 0 Å². The minimum atomic E-state index is -0.564. The van der Waals surface area contributed by atoms with Crippen LogP contribution in [0.1, 0.15) is 18.1 Å². The molecule has 0 amide bonds. The fourth-order valence-corrected chi connectivity index (χ4v) is 1.02. The van der Waals surface area contributed by atoms with Gasteiger partial charge in [-0.05, 0) is 18.6 Å². The summed E-state index contributed by atoms with van der Waals surface area (Å²) in [5, 5.41) is 0. The summed E-state index contributed by atoms with van der Waals surface area (Å²) in [5.74, 6) is 1.05. The Morgan fingerprint density at radius 1 is 1.33 bits per heavy atom. The maximum Gasteiger partial charge on any atom is 0.130 e. The molecule has 0 saturated heterocycles. The molecule has 0 unspecified atom stereocenters. The molecule has 0 bridgehead atoms. The number of terminal acetylenes is 1. The molecular weight excluding hydrogens is 158 g/mol. The number of halogens is 2. The van der Waals surface area contributed by atoms with Gasteiger partial charge in [-0.25, -0.2) is 8.78 Å². The molecule has 0 aromatic heterocycles. The molecule has 0 radical (unpaired) electrons. The van der Waals surface area contributed by atoms with Gasteiger partial charge in [0.05, 0.1) is 0 Å². The fourth-order valence-electron chi connectivity index (χ4n) is 1.02. The van der Waals surface area contributed by atoms with E-state index < -0.39 is 11.6 Å². The van der Waals surface area contributed by atoms with Gasteiger partial charge in [0.1, 0.15) is 11.6 Å². The highest BCUT2D eigenvalue weighted by Crippen LogP contribution is 2.15. The number of rotatable bonds is 1. The molecule has 0 aliphatic heterocycles. The first-order valence-electron chi connectivity index (χ1n) is 3.63. The minimum absolute atomic E-state index is 0.0917. The van der Waals surface area contributed by atoms with Crippen LogP contribution in [0, 0.1) is 24.0 Å². The maximum absolute atomic E-state index is 13.0. The summed E-state index contributed by atoms with van der Waals surface area (Å²) in [5.41, 5.74) is 0.330. The average molecular weight is 166 g/mol. The molecule has 1 aromatic carbocycles. The zero-order valence-electron chi connectivity index (χ0n) is 6.70. The molecule has 0 spiro atoms. The van der Waals surface area contributed by atoms with Crippen LogP contribution >= 0.6 is 0 Å². The molecule has 0 aliphatic rings. The van der Waals surface area contributed by atoms with Crippen molar-refractivity contribution in [2.45, 2.75) is 13.3 Å². The van der Waals surface area contributed by atoms with Crippen LogP contribution in [0.4, 0.5) is 8.78 Å². The van der Waals surface area contributed by atoms with E-state index in [9.17, 15) is 8.78 Å². The number of hydrogen-bond acceptors (Lipinski definition) is 0. The van der Waals surface area contributed by atoms with Gasteiger partial charge in [0.2, 0.25) is 0 Å². The van der Waals surface area contributed by atoms with Gasteiger partial charge in [-0.1, -0.05) is 12.8 Å². The van der Waals surface area contributed by atoms with Crippen molar-refractivity contribution in [3.8, 4) is 12.3 Å². The molecule has 0 nitrogen and oxygen atoms in total. The van der Waals surface area contributed by atoms with Gasteiger partial charge in [-0.3, -0.25) is 0 Å². The summed E-state index contributed by atoms with van der Waals surface area (Å²) < 4.78 is 25.9. The second-order valence-corrected chi connectivity index (χ2v) is 2.42. The van der Waals surface area contributed by atoms with E-state index in [1.807, 2.05) is 0 Å². The van der Waals surface area contributed by atoms with E-state index in [-0.39, 0.29) is 11.1 Å². The van der Waals surface area contributed by atoms with Crippen molar-refractivity contribution in [3.05, 3.63) is 34.9 Å². The Balaban J connectivity index is 3.30.